The van der Waals surface area contributed by atoms with E-state index in [2.05, 4.69) is 34.9 Å². The minimum Gasteiger partial charge on any atom is -0.481 e. The van der Waals surface area contributed by atoms with Gasteiger partial charge in [0.15, 0.2) is 0 Å². The van der Waals surface area contributed by atoms with Crippen LogP contribution in [0.4, 0.5) is 4.79 Å². The van der Waals surface area contributed by atoms with E-state index in [1.165, 1.54) is 0 Å². The first kappa shape index (κ1) is 26.3. The number of aliphatic carboxylic acids is 1. The molecule has 0 aromatic heterocycles. The van der Waals surface area contributed by atoms with Gasteiger partial charge in [-0.2, -0.15) is 0 Å². The standard InChI is InChI=1S/C28H36N2O5/c1-4-6-11-19(16-25(31)32)30-26(33)28(3,5-2)18-29-27(34)35-17-24-22-14-9-7-12-20(22)21-13-8-10-15-23(21)24/h7-10,12-15,19,24H,4-6,11,16-18H2,1-3H3,(H,29,34)(H,30,33)(H,31,32)/t19-,28?/m0/s1. The van der Waals surface area contributed by atoms with Crippen molar-refractivity contribution in [3.8, 4) is 11.1 Å². The number of hydrogen-bond donors (Lipinski definition) is 3. The van der Waals surface area contributed by atoms with E-state index in [1.807, 2.05) is 38.1 Å². The first-order valence-electron chi connectivity index (χ1n) is 12.4. The Bertz CT molecular complexity index is 1010. The monoisotopic (exact) mass is 480 g/mol. The largest absolute Gasteiger partial charge is 0.481 e. The highest BCUT2D eigenvalue weighted by Gasteiger charge is 2.34. The lowest BCUT2D eigenvalue weighted by atomic mass is 9.85. The summed E-state index contributed by atoms with van der Waals surface area (Å²) >= 11 is 0. The molecule has 0 saturated heterocycles. The van der Waals surface area contributed by atoms with E-state index in [1.54, 1.807) is 6.92 Å². The number of amides is 2. The molecular weight excluding hydrogens is 444 g/mol. The summed E-state index contributed by atoms with van der Waals surface area (Å²) in [4.78, 5) is 36.8. The molecule has 2 atom stereocenters. The van der Waals surface area contributed by atoms with Crippen LogP contribution in [-0.4, -0.2) is 42.3 Å². The molecule has 0 aliphatic heterocycles. The Labute approximate surface area is 207 Å². The summed E-state index contributed by atoms with van der Waals surface area (Å²) in [5.74, 6) is -1.24. The van der Waals surface area contributed by atoms with E-state index in [-0.39, 0.29) is 31.4 Å². The van der Waals surface area contributed by atoms with Gasteiger partial charge >= 0.3 is 12.1 Å². The fourth-order valence-corrected chi connectivity index (χ4v) is 4.53. The highest BCUT2D eigenvalue weighted by atomic mass is 16.5. The second-order valence-corrected chi connectivity index (χ2v) is 9.50. The predicted octanol–water partition coefficient (Wildman–Crippen LogP) is 5.09. The van der Waals surface area contributed by atoms with Crippen LogP contribution in [0.1, 0.15) is 69.9 Å². The predicted molar refractivity (Wildman–Crippen MR) is 135 cm³/mol. The molecule has 7 nitrogen and oxygen atoms in total. The van der Waals surface area contributed by atoms with Crippen molar-refractivity contribution in [1.82, 2.24) is 10.6 Å². The molecule has 0 bridgehead atoms. The summed E-state index contributed by atoms with van der Waals surface area (Å²) in [5, 5.41) is 14.8. The molecule has 3 rings (SSSR count). The second kappa shape index (κ2) is 11.9. The number of hydrogen-bond acceptors (Lipinski definition) is 4. The summed E-state index contributed by atoms with van der Waals surface area (Å²) in [5.41, 5.74) is 3.71. The van der Waals surface area contributed by atoms with E-state index < -0.39 is 23.5 Å². The van der Waals surface area contributed by atoms with Gasteiger partial charge in [-0.25, -0.2) is 4.79 Å². The zero-order valence-corrected chi connectivity index (χ0v) is 20.8. The van der Waals surface area contributed by atoms with Gasteiger partial charge in [-0.15, -0.1) is 0 Å². The number of carboxylic acid groups (broad SMARTS) is 1. The average molecular weight is 481 g/mol. The molecule has 2 amide bonds. The highest BCUT2D eigenvalue weighted by Crippen LogP contribution is 2.44. The van der Waals surface area contributed by atoms with Crippen LogP contribution in [0, 0.1) is 5.41 Å². The van der Waals surface area contributed by atoms with E-state index >= 15 is 0 Å². The fraction of sp³-hybridized carbons (Fsp3) is 0.464. The number of carbonyl (C=O) groups is 3. The maximum Gasteiger partial charge on any atom is 0.407 e. The summed E-state index contributed by atoms with van der Waals surface area (Å²) in [6, 6.07) is 15.8. The molecule has 0 radical (unpaired) electrons. The van der Waals surface area contributed by atoms with E-state index in [0.717, 1.165) is 35.1 Å². The number of carbonyl (C=O) groups excluding carboxylic acids is 2. The maximum atomic E-state index is 13.0. The van der Waals surface area contributed by atoms with E-state index in [4.69, 9.17) is 4.74 Å². The quantitative estimate of drug-likeness (QED) is 0.392. The second-order valence-electron chi connectivity index (χ2n) is 9.50. The lowest BCUT2D eigenvalue weighted by Crippen LogP contribution is -2.49. The summed E-state index contributed by atoms with van der Waals surface area (Å²) in [7, 11) is 0. The van der Waals surface area contributed by atoms with Crippen LogP contribution in [0.3, 0.4) is 0 Å². The van der Waals surface area contributed by atoms with Crippen molar-refractivity contribution in [3.05, 3.63) is 59.7 Å². The van der Waals surface area contributed by atoms with Crippen molar-refractivity contribution >= 4 is 18.0 Å². The van der Waals surface area contributed by atoms with Gasteiger partial charge in [0.25, 0.3) is 0 Å². The smallest absolute Gasteiger partial charge is 0.407 e. The van der Waals surface area contributed by atoms with Gasteiger partial charge in [0.2, 0.25) is 5.91 Å². The van der Waals surface area contributed by atoms with Crippen LogP contribution in [0.15, 0.2) is 48.5 Å². The Morgan fingerprint density at radius 2 is 1.63 bits per heavy atom. The molecule has 1 aliphatic rings. The van der Waals surface area contributed by atoms with E-state index in [0.29, 0.717) is 12.8 Å². The lowest BCUT2D eigenvalue weighted by Gasteiger charge is -2.29. The first-order valence-corrected chi connectivity index (χ1v) is 12.4. The van der Waals surface area contributed by atoms with Gasteiger partial charge in [0.05, 0.1) is 11.8 Å². The molecular formula is C28H36N2O5. The fourth-order valence-electron chi connectivity index (χ4n) is 4.53. The van der Waals surface area contributed by atoms with Gasteiger partial charge in [-0.05, 0) is 42.0 Å². The van der Waals surface area contributed by atoms with Crippen molar-refractivity contribution in [2.45, 2.75) is 64.8 Å². The molecule has 2 aromatic rings. The number of fused-ring (bicyclic) bond motifs is 3. The number of benzene rings is 2. The topological polar surface area (TPSA) is 105 Å². The molecule has 0 spiro atoms. The maximum absolute atomic E-state index is 13.0. The number of nitrogens with one attached hydrogen (secondary N) is 2. The third-order valence-electron chi connectivity index (χ3n) is 6.96. The Morgan fingerprint density at radius 3 is 2.17 bits per heavy atom. The van der Waals surface area contributed by atoms with Gasteiger partial charge in [0.1, 0.15) is 6.61 Å². The highest BCUT2D eigenvalue weighted by molar-refractivity contribution is 5.84. The SMILES string of the molecule is CCCC[C@@H](CC(=O)O)NC(=O)C(C)(CC)CNC(=O)OCC1c2ccccc2-c2ccccc21. The normalized spacial score (nSPS) is 14.8. The molecule has 0 fully saturated rings. The summed E-state index contributed by atoms with van der Waals surface area (Å²) < 4.78 is 5.59. The Kier molecular flexibility index (Phi) is 8.90. The zero-order valence-electron chi connectivity index (χ0n) is 20.8. The van der Waals surface area contributed by atoms with Crippen LogP contribution in [0.5, 0.6) is 0 Å². The number of alkyl carbamates (subject to hydrolysis) is 1. The summed E-state index contributed by atoms with van der Waals surface area (Å²) in [6.07, 6.45) is 2.14. The number of rotatable bonds is 12. The first-order chi connectivity index (χ1) is 16.8. The molecule has 3 N–H and O–H groups in total. The lowest BCUT2D eigenvalue weighted by molar-refractivity contribution is -0.138. The molecule has 0 heterocycles. The average Bonchev–Trinajstić information content (AvgIpc) is 3.17. The minimum atomic E-state index is -0.943. The van der Waals surface area contributed by atoms with Crippen LogP contribution in [-0.2, 0) is 14.3 Å². The molecule has 188 valence electrons. The third kappa shape index (κ3) is 6.41. The van der Waals surface area contributed by atoms with Crippen molar-refractivity contribution in [2.24, 2.45) is 5.41 Å². The number of ether oxygens (including phenoxy) is 1. The van der Waals surface area contributed by atoms with Gasteiger partial charge in [0, 0.05) is 18.5 Å². The van der Waals surface area contributed by atoms with E-state index in [9.17, 15) is 19.5 Å². The molecule has 35 heavy (non-hydrogen) atoms. The van der Waals surface area contributed by atoms with Crippen LogP contribution < -0.4 is 10.6 Å². The number of carboxylic acids is 1. The van der Waals surface area contributed by atoms with Crippen molar-refractivity contribution in [1.29, 1.82) is 0 Å². The molecule has 0 saturated carbocycles. The van der Waals surface area contributed by atoms with Gasteiger partial charge in [-0.1, -0.05) is 75.2 Å². The molecule has 1 unspecified atom stereocenters. The molecule has 2 aromatic carbocycles. The zero-order chi connectivity index (χ0) is 25.4. The Morgan fingerprint density at radius 1 is 1.03 bits per heavy atom. The Hall–Kier alpha value is -3.35. The van der Waals surface area contributed by atoms with Gasteiger partial charge < -0.3 is 20.5 Å². The molecule has 7 heteroatoms. The Balaban J connectivity index is 1.58. The number of unbranched alkanes of at least 4 members (excludes halogenated alkanes) is 1. The minimum absolute atomic E-state index is 0.0376. The van der Waals surface area contributed by atoms with Crippen LogP contribution in [0.25, 0.3) is 11.1 Å². The third-order valence-corrected chi connectivity index (χ3v) is 6.96. The van der Waals surface area contributed by atoms with Crippen LogP contribution in [0.2, 0.25) is 0 Å². The van der Waals surface area contributed by atoms with Crippen molar-refractivity contribution in [2.75, 3.05) is 13.2 Å². The van der Waals surface area contributed by atoms with Crippen molar-refractivity contribution < 1.29 is 24.2 Å². The van der Waals surface area contributed by atoms with Crippen molar-refractivity contribution in [3.63, 3.8) is 0 Å². The van der Waals surface area contributed by atoms with Gasteiger partial charge in [-0.3, -0.25) is 9.59 Å². The van der Waals surface area contributed by atoms with Crippen LogP contribution >= 0.6 is 0 Å². The molecule has 1 aliphatic carbocycles. The summed E-state index contributed by atoms with van der Waals surface area (Å²) in [6.45, 7) is 5.96.